The van der Waals surface area contributed by atoms with E-state index in [2.05, 4.69) is 10.2 Å². The van der Waals surface area contributed by atoms with Gasteiger partial charge in [-0.1, -0.05) is 17.7 Å². The van der Waals surface area contributed by atoms with Crippen molar-refractivity contribution in [1.82, 2.24) is 15.2 Å². The number of alkyl halides is 3. The van der Waals surface area contributed by atoms with Crippen LogP contribution < -0.4 is 5.43 Å². The maximum Gasteiger partial charge on any atom is 0.435 e. The minimum absolute atomic E-state index is 0.0205. The molecule has 0 fully saturated rings. The van der Waals surface area contributed by atoms with Crippen molar-refractivity contribution in [2.45, 2.75) is 12.7 Å². The summed E-state index contributed by atoms with van der Waals surface area (Å²) in [7, 11) is 0. The van der Waals surface area contributed by atoms with E-state index in [0.29, 0.717) is 0 Å². The molecule has 0 aliphatic heterocycles. The van der Waals surface area contributed by atoms with Gasteiger partial charge < -0.3 is 0 Å². The van der Waals surface area contributed by atoms with E-state index in [-0.39, 0.29) is 10.6 Å². The van der Waals surface area contributed by atoms with Crippen LogP contribution in [0.3, 0.4) is 0 Å². The highest BCUT2D eigenvalue weighted by Gasteiger charge is 2.33. The first kappa shape index (κ1) is 16.9. The van der Waals surface area contributed by atoms with Crippen LogP contribution in [-0.2, 0) is 17.5 Å². The normalized spacial score (nSPS) is 11.9. The number of aromatic nitrogens is 2. The molecule has 10 heteroatoms. The second kappa shape index (κ2) is 6.78. The Bertz CT molecular complexity index is 722. The molecule has 23 heavy (non-hydrogen) atoms. The van der Waals surface area contributed by atoms with E-state index in [1.807, 2.05) is 5.43 Å². The van der Waals surface area contributed by atoms with Crippen LogP contribution >= 0.6 is 11.6 Å². The molecule has 1 N–H and O–H groups in total. The van der Waals surface area contributed by atoms with E-state index >= 15 is 0 Å². The maximum atomic E-state index is 13.4. The van der Waals surface area contributed by atoms with Crippen molar-refractivity contribution < 1.29 is 22.4 Å². The van der Waals surface area contributed by atoms with Crippen LogP contribution in [0.4, 0.5) is 17.6 Å². The fourth-order valence-electron chi connectivity index (χ4n) is 1.59. The number of halogens is 5. The fraction of sp³-hybridized carbons (Fsp3) is 0.154. The van der Waals surface area contributed by atoms with Gasteiger partial charge in [0.05, 0.1) is 11.2 Å². The Hall–Kier alpha value is -2.42. The minimum atomic E-state index is -4.58. The quantitative estimate of drug-likeness (QED) is 0.525. The molecular weight excluding hydrogens is 340 g/mol. The van der Waals surface area contributed by atoms with Crippen molar-refractivity contribution in [2.24, 2.45) is 5.10 Å². The summed E-state index contributed by atoms with van der Waals surface area (Å²) in [5.74, 6) is -1.36. The molecule has 0 radical (unpaired) electrons. The molecule has 0 aliphatic carbocycles. The zero-order chi connectivity index (χ0) is 17.0. The molecular formula is C13H9ClF4N4O. The Morgan fingerprint density at radius 1 is 1.39 bits per heavy atom. The Morgan fingerprint density at radius 3 is 2.74 bits per heavy atom. The molecule has 1 amide bonds. The smallest absolute Gasteiger partial charge is 0.271 e. The molecule has 0 saturated carbocycles. The third-order valence-corrected chi connectivity index (χ3v) is 2.95. The molecule has 5 nitrogen and oxygen atoms in total. The second-order valence-electron chi connectivity index (χ2n) is 4.32. The van der Waals surface area contributed by atoms with E-state index in [9.17, 15) is 22.4 Å². The third-order valence-electron chi connectivity index (χ3n) is 2.62. The maximum absolute atomic E-state index is 13.4. The SMILES string of the molecule is O=C(Cn1ccc(C(F)(F)F)n1)N/N=C\c1c(F)cccc1Cl. The number of nitrogens with zero attached hydrogens (tertiary/aromatic N) is 3. The standard InChI is InChI=1S/C13H9ClF4N4O/c14-9-2-1-3-10(15)8(9)6-19-20-12(23)7-22-5-4-11(21-22)13(16,17)18/h1-6H,7H2,(H,20,23)/b19-6-. The number of hydrogen-bond acceptors (Lipinski definition) is 3. The molecule has 0 spiro atoms. The first-order chi connectivity index (χ1) is 10.8. The molecule has 1 aromatic carbocycles. The van der Waals surface area contributed by atoms with Gasteiger partial charge in [-0.3, -0.25) is 9.48 Å². The average molecular weight is 349 g/mol. The summed E-state index contributed by atoms with van der Waals surface area (Å²) in [4.78, 5) is 11.5. The lowest BCUT2D eigenvalue weighted by Crippen LogP contribution is -2.24. The molecule has 0 aliphatic rings. The highest BCUT2D eigenvalue weighted by Crippen LogP contribution is 2.27. The summed E-state index contributed by atoms with van der Waals surface area (Å²) in [6.45, 7) is -0.474. The number of carbonyl (C=O) groups is 1. The van der Waals surface area contributed by atoms with Crippen molar-refractivity contribution in [3.05, 3.63) is 52.6 Å². The number of rotatable bonds is 4. The second-order valence-corrected chi connectivity index (χ2v) is 4.73. The van der Waals surface area contributed by atoms with Crippen molar-refractivity contribution in [2.75, 3.05) is 0 Å². The van der Waals surface area contributed by atoms with Crippen LogP contribution in [0.15, 0.2) is 35.6 Å². The molecule has 1 heterocycles. The van der Waals surface area contributed by atoms with E-state index in [1.165, 1.54) is 12.1 Å². The molecule has 1 aromatic heterocycles. The Morgan fingerprint density at radius 2 is 2.13 bits per heavy atom. The summed E-state index contributed by atoms with van der Waals surface area (Å²) in [6, 6.07) is 4.76. The highest BCUT2D eigenvalue weighted by atomic mass is 35.5. The number of hydrazone groups is 1. The van der Waals surface area contributed by atoms with Gasteiger partial charge in [-0.15, -0.1) is 0 Å². The Balaban J connectivity index is 1.95. The van der Waals surface area contributed by atoms with Gasteiger partial charge in [0.1, 0.15) is 12.4 Å². The molecule has 0 saturated heterocycles. The summed E-state index contributed by atoms with van der Waals surface area (Å²) >= 11 is 5.76. The van der Waals surface area contributed by atoms with Gasteiger partial charge >= 0.3 is 6.18 Å². The van der Waals surface area contributed by atoms with Gasteiger partial charge in [-0.2, -0.15) is 23.4 Å². The highest BCUT2D eigenvalue weighted by molar-refractivity contribution is 6.33. The lowest BCUT2D eigenvalue weighted by molar-refractivity contribution is -0.141. The zero-order valence-electron chi connectivity index (χ0n) is 11.3. The first-order valence-electron chi connectivity index (χ1n) is 6.14. The lowest BCUT2D eigenvalue weighted by atomic mass is 10.2. The van der Waals surface area contributed by atoms with Gasteiger partial charge in [-0.25, -0.2) is 9.82 Å². The average Bonchev–Trinajstić information content (AvgIpc) is 2.90. The summed E-state index contributed by atoms with van der Waals surface area (Å²) in [6.07, 6.45) is -2.57. The van der Waals surface area contributed by atoms with Crippen molar-refractivity contribution in [3.8, 4) is 0 Å². The van der Waals surface area contributed by atoms with Crippen molar-refractivity contribution >= 4 is 23.7 Å². The molecule has 0 bridgehead atoms. The van der Waals surface area contributed by atoms with Gasteiger partial charge in [0.25, 0.3) is 5.91 Å². The predicted molar refractivity (Wildman–Crippen MR) is 74.4 cm³/mol. The molecule has 0 atom stereocenters. The summed E-state index contributed by atoms with van der Waals surface area (Å²) in [5.41, 5.74) is 0.920. The number of amides is 1. The number of hydrogen-bond donors (Lipinski definition) is 1. The van der Waals surface area contributed by atoms with Gasteiger partial charge in [0, 0.05) is 11.8 Å². The van der Waals surface area contributed by atoms with Crippen LogP contribution in [0.5, 0.6) is 0 Å². The topological polar surface area (TPSA) is 59.3 Å². The summed E-state index contributed by atoms with van der Waals surface area (Å²) < 4.78 is 51.3. The zero-order valence-corrected chi connectivity index (χ0v) is 12.1. The van der Waals surface area contributed by atoms with Crippen LogP contribution in [0.25, 0.3) is 0 Å². The molecule has 0 unspecified atom stereocenters. The molecule has 122 valence electrons. The molecule has 2 rings (SSSR count). The minimum Gasteiger partial charge on any atom is -0.271 e. The third kappa shape index (κ3) is 4.52. The van der Waals surface area contributed by atoms with Gasteiger partial charge in [-0.05, 0) is 18.2 Å². The van der Waals surface area contributed by atoms with Crippen molar-refractivity contribution in [1.29, 1.82) is 0 Å². The van der Waals surface area contributed by atoms with Crippen LogP contribution in [-0.4, -0.2) is 21.9 Å². The van der Waals surface area contributed by atoms with E-state index in [4.69, 9.17) is 11.6 Å². The van der Waals surface area contributed by atoms with E-state index in [1.54, 1.807) is 0 Å². The fourth-order valence-corrected chi connectivity index (χ4v) is 1.80. The van der Waals surface area contributed by atoms with Gasteiger partial charge in [0.15, 0.2) is 5.69 Å². The monoisotopic (exact) mass is 348 g/mol. The van der Waals surface area contributed by atoms with Crippen LogP contribution in [0, 0.1) is 5.82 Å². The molecule has 2 aromatic rings. The summed E-state index contributed by atoms with van der Waals surface area (Å²) in [5, 5.41) is 6.82. The van der Waals surface area contributed by atoms with Crippen LogP contribution in [0.2, 0.25) is 5.02 Å². The number of benzene rings is 1. The predicted octanol–water partition coefficient (Wildman–Crippen LogP) is 2.84. The number of carbonyl (C=O) groups excluding carboxylic acids is 1. The Labute approximate surface area is 132 Å². The first-order valence-corrected chi connectivity index (χ1v) is 6.52. The lowest BCUT2D eigenvalue weighted by Gasteiger charge is -2.03. The van der Waals surface area contributed by atoms with E-state index in [0.717, 1.165) is 29.2 Å². The Kier molecular flexibility index (Phi) is 4.99. The van der Waals surface area contributed by atoms with E-state index < -0.39 is 30.1 Å². The van der Waals surface area contributed by atoms with Crippen LogP contribution in [0.1, 0.15) is 11.3 Å². The number of nitrogens with one attached hydrogen (secondary N) is 1. The van der Waals surface area contributed by atoms with Crippen molar-refractivity contribution in [3.63, 3.8) is 0 Å². The largest absolute Gasteiger partial charge is 0.435 e. The van der Waals surface area contributed by atoms with Gasteiger partial charge in [0.2, 0.25) is 0 Å².